The molecular weight excluding hydrogens is 342 g/mol. The van der Waals surface area contributed by atoms with Gasteiger partial charge >= 0.3 is 0 Å². The molecule has 1 saturated heterocycles. The SMILES string of the molecule is COc1ccc(O)c(C(OC2CCN(C)CC2)c2nc3ccccc3[nH]2)c1. The fourth-order valence-corrected chi connectivity index (χ4v) is 3.56. The molecule has 1 aliphatic rings. The van der Waals surface area contributed by atoms with Crippen molar-refractivity contribution in [2.24, 2.45) is 0 Å². The summed E-state index contributed by atoms with van der Waals surface area (Å²) >= 11 is 0. The van der Waals surface area contributed by atoms with Crippen LogP contribution in [0.3, 0.4) is 0 Å². The van der Waals surface area contributed by atoms with Crippen molar-refractivity contribution in [3.8, 4) is 11.5 Å². The molecule has 2 N–H and O–H groups in total. The highest BCUT2D eigenvalue weighted by atomic mass is 16.5. The lowest BCUT2D eigenvalue weighted by Gasteiger charge is -2.31. The van der Waals surface area contributed by atoms with Crippen LogP contribution < -0.4 is 4.74 Å². The fraction of sp³-hybridized carbons (Fsp3) is 0.381. The summed E-state index contributed by atoms with van der Waals surface area (Å²) < 4.78 is 11.8. The zero-order valence-corrected chi connectivity index (χ0v) is 15.7. The smallest absolute Gasteiger partial charge is 0.144 e. The van der Waals surface area contributed by atoms with Gasteiger partial charge in [0.1, 0.15) is 23.4 Å². The Hall–Kier alpha value is -2.57. The number of aromatic amines is 1. The molecule has 1 unspecified atom stereocenters. The lowest BCUT2D eigenvalue weighted by molar-refractivity contribution is -0.0272. The van der Waals surface area contributed by atoms with Crippen molar-refractivity contribution in [2.45, 2.75) is 25.0 Å². The molecule has 1 fully saturated rings. The summed E-state index contributed by atoms with van der Waals surface area (Å²) in [6, 6.07) is 13.1. The zero-order valence-electron chi connectivity index (χ0n) is 15.7. The van der Waals surface area contributed by atoms with E-state index in [0.717, 1.165) is 37.0 Å². The molecule has 142 valence electrons. The number of ether oxygens (including phenoxy) is 2. The predicted molar refractivity (Wildman–Crippen MR) is 104 cm³/mol. The minimum absolute atomic E-state index is 0.116. The second kappa shape index (κ2) is 7.58. The van der Waals surface area contributed by atoms with E-state index in [2.05, 4.69) is 16.9 Å². The number of phenolic OH excluding ortho intramolecular Hbond substituents is 1. The molecule has 1 aromatic heterocycles. The zero-order chi connectivity index (χ0) is 18.8. The molecular formula is C21H25N3O3. The highest BCUT2D eigenvalue weighted by molar-refractivity contribution is 5.75. The molecule has 0 amide bonds. The molecule has 4 rings (SSSR count). The number of aromatic hydroxyl groups is 1. The molecule has 0 spiro atoms. The van der Waals surface area contributed by atoms with Gasteiger partial charge in [0.05, 0.1) is 24.2 Å². The Morgan fingerprint density at radius 2 is 1.96 bits per heavy atom. The summed E-state index contributed by atoms with van der Waals surface area (Å²) in [4.78, 5) is 10.4. The van der Waals surface area contributed by atoms with Crippen LogP contribution in [0, 0.1) is 0 Å². The van der Waals surface area contributed by atoms with Gasteiger partial charge < -0.3 is 24.5 Å². The van der Waals surface area contributed by atoms with Crippen molar-refractivity contribution in [1.29, 1.82) is 0 Å². The number of piperidine rings is 1. The van der Waals surface area contributed by atoms with Crippen LogP contribution in [0.4, 0.5) is 0 Å². The second-order valence-corrected chi connectivity index (χ2v) is 7.08. The molecule has 3 aromatic rings. The first-order valence-corrected chi connectivity index (χ1v) is 9.29. The van der Waals surface area contributed by atoms with E-state index in [1.54, 1.807) is 19.2 Å². The molecule has 0 radical (unpaired) electrons. The Balaban J connectivity index is 1.72. The van der Waals surface area contributed by atoms with Gasteiger partial charge in [0.2, 0.25) is 0 Å². The predicted octanol–water partition coefficient (Wildman–Crippen LogP) is 3.48. The maximum Gasteiger partial charge on any atom is 0.144 e. The summed E-state index contributed by atoms with van der Waals surface area (Å²) in [6.45, 7) is 2.00. The maximum atomic E-state index is 10.5. The van der Waals surface area contributed by atoms with Gasteiger partial charge in [0.15, 0.2) is 0 Å². The average molecular weight is 367 g/mol. The number of benzene rings is 2. The summed E-state index contributed by atoms with van der Waals surface area (Å²) in [5.41, 5.74) is 2.49. The highest BCUT2D eigenvalue weighted by Gasteiger charge is 2.28. The molecule has 6 nitrogen and oxygen atoms in total. The van der Waals surface area contributed by atoms with Crippen molar-refractivity contribution in [3.05, 3.63) is 53.9 Å². The number of hydrogen-bond acceptors (Lipinski definition) is 5. The highest BCUT2D eigenvalue weighted by Crippen LogP contribution is 2.36. The first kappa shape index (κ1) is 17.8. The molecule has 0 aliphatic carbocycles. The number of phenols is 1. The van der Waals surface area contributed by atoms with Crippen molar-refractivity contribution in [2.75, 3.05) is 27.2 Å². The van der Waals surface area contributed by atoms with Crippen molar-refractivity contribution in [3.63, 3.8) is 0 Å². The van der Waals surface area contributed by atoms with Gasteiger partial charge in [-0.1, -0.05) is 12.1 Å². The number of H-pyrrole nitrogens is 1. The quantitative estimate of drug-likeness (QED) is 0.722. The lowest BCUT2D eigenvalue weighted by atomic mass is 10.0. The number of nitrogens with zero attached hydrogens (tertiary/aromatic N) is 2. The van der Waals surface area contributed by atoms with Gasteiger partial charge in [0, 0.05) is 18.7 Å². The van der Waals surface area contributed by atoms with E-state index in [1.807, 2.05) is 30.3 Å². The number of rotatable bonds is 5. The minimum atomic E-state index is -0.485. The molecule has 0 saturated carbocycles. The van der Waals surface area contributed by atoms with Gasteiger partial charge in [0.25, 0.3) is 0 Å². The first-order chi connectivity index (χ1) is 13.1. The molecule has 6 heteroatoms. The van der Waals surface area contributed by atoms with E-state index < -0.39 is 6.10 Å². The fourth-order valence-electron chi connectivity index (χ4n) is 3.56. The number of aromatic nitrogens is 2. The third-order valence-electron chi connectivity index (χ3n) is 5.17. The summed E-state index contributed by atoms with van der Waals surface area (Å²) in [7, 11) is 3.74. The van der Waals surface area contributed by atoms with Crippen LogP contribution in [0.15, 0.2) is 42.5 Å². The Labute approximate surface area is 158 Å². The number of fused-ring (bicyclic) bond motifs is 1. The molecule has 1 aliphatic heterocycles. The Bertz CT molecular complexity index is 883. The van der Waals surface area contributed by atoms with Crippen LogP contribution in [0.5, 0.6) is 11.5 Å². The molecule has 0 bridgehead atoms. The molecule has 2 heterocycles. The maximum absolute atomic E-state index is 10.5. The monoisotopic (exact) mass is 367 g/mol. The van der Waals surface area contributed by atoms with Crippen molar-refractivity contribution < 1.29 is 14.6 Å². The van der Waals surface area contributed by atoms with Gasteiger partial charge in [-0.3, -0.25) is 0 Å². The number of methoxy groups -OCH3 is 1. The minimum Gasteiger partial charge on any atom is -0.508 e. The van der Waals surface area contributed by atoms with Crippen LogP contribution in [0.25, 0.3) is 11.0 Å². The van der Waals surface area contributed by atoms with E-state index in [4.69, 9.17) is 14.5 Å². The third-order valence-corrected chi connectivity index (χ3v) is 5.17. The molecule has 1 atom stereocenters. The molecule has 27 heavy (non-hydrogen) atoms. The first-order valence-electron chi connectivity index (χ1n) is 9.29. The van der Waals surface area contributed by atoms with Crippen LogP contribution in [-0.2, 0) is 4.74 Å². The number of nitrogens with one attached hydrogen (secondary N) is 1. The van der Waals surface area contributed by atoms with E-state index in [-0.39, 0.29) is 11.9 Å². The van der Waals surface area contributed by atoms with E-state index in [9.17, 15) is 5.11 Å². The van der Waals surface area contributed by atoms with Gasteiger partial charge in [-0.2, -0.15) is 0 Å². The lowest BCUT2D eigenvalue weighted by Crippen LogP contribution is -2.35. The van der Waals surface area contributed by atoms with Gasteiger partial charge in [-0.25, -0.2) is 4.98 Å². The largest absolute Gasteiger partial charge is 0.508 e. The third kappa shape index (κ3) is 3.77. The van der Waals surface area contributed by atoms with Crippen molar-refractivity contribution in [1.82, 2.24) is 14.9 Å². The van der Waals surface area contributed by atoms with Crippen LogP contribution >= 0.6 is 0 Å². The standard InChI is InChI=1S/C21H25N3O3/c1-24-11-9-14(10-12-24)27-20(16-13-15(26-2)7-8-19(16)25)21-22-17-5-3-4-6-18(17)23-21/h3-8,13-14,20,25H,9-12H2,1-2H3,(H,22,23). The number of imidazole rings is 1. The Morgan fingerprint density at radius 1 is 1.19 bits per heavy atom. The topological polar surface area (TPSA) is 70.6 Å². The number of likely N-dealkylation sites (tertiary alicyclic amines) is 1. The Morgan fingerprint density at radius 3 is 2.70 bits per heavy atom. The van der Waals surface area contributed by atoms with Crippen LogP contribution in [0.2, 0.25) is 0 Å². The Kier molecular flexibility index (Phi) is 5.01. The van der Waals surface area contributed by atoms with E-state index in [0.29, 0.717) is 17.1 Å². The van der Waals surface area contributed by atoms with Crippen molar-refractivity contribution >= 4 is 11.0 Å². The summed E-state index contributed by atoms with van der Waals surface area (Å²) in [6.07, 6.45) is 1.54. The normalized spacial score (nSPS) is 17.3. The second-order valence-electron chi connectivity index (χ2n) is 7.08. The number of hydrogen-bond donors (Lipinski definition) is 2. The van der Waals surface area contributed by atoms with E-state index in [1.165, 1.54) is 0 Å². The van der Waals surface area contributed by atoms with Gasteiger partial charge in [-0.05, 0) is 50.2 Å². The average Bonchev–Trinajstić information content (AvgIpc) is 3.12. The summed E-state index contributed by atoms with van der Waals surface area (Å²) in [5, 5.41) is 10.5. The summed E-state index contributed by atoms with van der Waals surface area (Å²) in [5.74, 6) is 1.55. The van der Waals surface area contributed by atoms with E-state index >= 15 is 0 Å². The number of para-hydroxylation sites is 2. The van der Waals surface area contributed by atoms with Gasteiger partial charge in [-0.15, -0.1) is 0 Å². The molecule has 2 aromatic carbocycles. The van der Waals surface area contributed by atoms with Crippen LogP contribution in [-0.4, -0.2) is 53.3 Å². The van der Waals surface area contributed by atoms with Crippen LogP contribution in [0.1, 0.15) is 30.3 Å².